The predicted octanol–water partition coefficient (Wildman–Crippen LogP) is -0.675. The summed E-state index contributed by atoms with van der Waals surface area (Å²) in [6, 6.07) is -1.25. The molecule has 0 aliphatic carbocycles. The lowest BCUT2D eigenvalue weighted by atomic mass is 10.1. The molecule has 1 amide bonds. The van der Waals surface area contributed by atoms with Crippen molar-refractivity contribution in [3.63, 3.8) is 0 Å². The van der Waals surface area contributed by atoms with Crippen LogP contribution in [0.5, 0.6) is 0 Å². The number of aliphatic carboxylic acids is 2. The monoisotopic (exact) mass is 434 g/mol. The minimum atomic E-state index is -1.29. The molecule has 0 aromatic carbocycles. The van der Waals surface area contributed by atoms with Crippen LogP contribution in [0.15, 0.2) is 0 Å². The Balaban J connectivity index is 3.72. The molecule has 0 aliphatic heterocycles. The van der Waals surface area contributed by atoms with Gasteiger partial charge in [0.2, 0.25) is 5.91 Å². The first-order valence-corrected chi connectivity index (χ1v) is 7.42. The SMILES string of the molecule is O=C(O)CC[C@H](NC(=O)COCCOCCONI)C(=O)O. The highest BCUT2D eigenvalue weighted by Gasteiger charge is 2.20. The highest BCUT2D eigenvalue weighted by atomic mass is 127. The molecule has 0 aromatic heterocycles. The van der Waals surface area contributed by atoms with E-state index in [2.05, 4.69) is 9.01 Å². The lowest BCUT2D eigenvalue weighted by Crippen LogP contribution is -2.42. The van der Waals surface area contributed by atoms with Gasteiger partial charge in [0.1, 0.15) is 12.6 Å². The molecule has 0 saturated heterocycles. The van der Waals surface area contributed by atoms with Crippen LogP contribution in [0.25, 0.3) is 0 Å². The maximum Gasteiger partial charge on any atom is 0.326 e. The van der Waals surface area contributed by atoms with Crippen molar-refractivity contribution >= 4 is 40.7 Å². The Morgan fingerprint density at radius 1 is 1.05 bits per heavy atom. The van der Waals surface area contributed by atoms with Crippen molar-refractivity contribution in [3.05, 3.63) is 0 Å². The number of carbonyl (C=O) groups is 3. The second-order valence-corrected chi connectivity index (χ2v) is 4.42. The third kappa shape index (κ3) is 12.7. The molecule has 0 unspecified atom stereocenters. The maximum atomic E-state index is 11.5. The van der Waals surface area contributed by atoms with E-state index >= 15 is 0 Å². The fourth-order valence-electron chi connectivity index (χ4n) is 1.29. The number of amides is 1. The summed E-state index contributed by atoms with van der Waals surface area (Å²) in [5, 5.41) is 19.6. The van der Waals surface area contributed by atoms with E-state index < -0.39 is 23.9 Å². The van der Waals surface area contributed by atoms with E-state index in [0.29, 0.717) is 13.2 Å². The molecule has 4 N–H and O–H groups in total. The molecule has 0 saturated carbocycles. The number of ether oxygens (including phenoxy) is 2. The molecule has 0 bridgehead atoms. The van der Waals surface area contributed by atoms with Crippen molar-refractivity contribution in [2.75, 3.05) is 33.0 Å². The average molecular weight is 434 g/mol. The van der Waals surface area contributed by atoms with E-state index in [-0.39, 0.29) is 32.7 Å². The molecule has 128 valence electrons. The van der Waals surface area contributed by atoms with Gasteiger partial charge in [-0.05, 0) is 6.42 Å². The lowest BCUT2D eigenvalue weighted by Gasteiger charge is -2.13. The number of halogens is 1. The summed E-state index contributed by atoms with van der Waals surface area (Å²) in [5.74, 6) is -3.05. The summed E-state index contributed by atoms with van der Waals surface area (Å²) in [7, 11) is 0. The largest absolute Gasteiger partial charge is 0.481 e. The normalized spacial score (nSPS) is 11.9. The number of rotatable bonds is 14. The van der Waals surface area contributed by atoms with Gasteiger partial charge in [0.05, 0.1) is 26.4 Å². The Labute approximate surface area is 140 Å². The first-order chi connectivity index (χ1) is 10.5. The van der Waals surface area contributed by atoms with Gasteiger partial charge in [0, 0.05) is 29.3 Å². The first kappa shape index (κ1) is 21.0. The van der Waals surface area contributed by atoms with Crippen molar-refractivity contribution in [1.29, 1.82) is 0 Å². The average Bonchev–Trinajstić information content (AvgIpc) is 2.45. The van der Waals surface area contributed by atoms with Crippen LogP contribution in [-0.2, 0) is 28.7 Å². The molecule has 0 aliphatic rings. The van der Waals surface area contributed by atoms with Crippen LogP contribution in [0, 0.1) is 0 Å². The van der Waals surface area contributed by atoms with Crippen LogP contribution in [-0.4, -0.2) is 67.1 Å². The van der Waals surface area contributed by atoms with Gasteiger partial charge >= 0.3 is 11.9 Å². The van der Waals surface area contributed by atoms with Gasteiger partial charge in [-0.2, -0.15) is 0 Å². The van der Waals surface area contributed by atoms with Gasteiger partial charge in [0.25, 0.3) is 0 Å². The molecule has 1 atom stereocenters. The van der Waals surface area contributed by atoms with Crippen molar-refractivity contribution in [1.82, 2.24) is 9.01 Å². The highest BCUT2D eigenvalue weighted by molar-refractivity contribution is 14.1. The fraction of sp³-hybridized carbons (Fsp3) is 0.727. The Morgan fingerprint density at radius 3 is 2.27 bits per heavy atom. The summed E-state index contributed by atoms with van der Waals surface area (Å²) in [5.41, 5.74) is 0. The van der Waals surface area contributed by atoms with Crippen molar-refractivity contribution in [3.8, 4) is 0 Å². The Hall–Kier alpha value is -1.02. The van der Waals surface area contributed by atoms with Gasteiger partial charge in [-0.25, -0.2) is 4.79 Å². The molecule has 11 heteroatoms. The molecule has 22 heavy (non-hydrogen) atoms. The first-order valence-electron chi connectivity index (χ1n) is 6.34. The lowest BCUT2D eigenvalue weighted by molar-refractivity contribution is -0.143. The molecule has 0 aromatic rings. The molecule has 0 fully saturated rings. The molecular formula is C11H19IN2O8. The van der Waals surface area contributed by atoms with Crippen LogP contribution in [0.1, 0.15) is 12.8 Å². The summed E-state index contributed by atoms with van der Waals surface area (Å²) >= 11 is 1.82. The number of hydrogen-bond donors (Lipinski definition) is 4. The van der Waals surface area contributed by atoms with Gasteiger partial charge in [-0.3, -0.25) is 14.4 Å². The summed E-state index contributed by atoms with van der Waals surface area (Å²) < 4.78 is 12.6. The van der Waals surface area contributed by atoms with E-state index in [1.165, 1.54) is 0 Å². The quantitative estimate of drug-likeness (QED) is 0.121. The molecule has 0 rings (SSSR count). The third-order valence-electron chi connectivity index (χ3n) is 2.27. The zero-order chi connectivity index (χ0) is 16.8. The van der Waals surface area contributed by atoms with Crippen molar-refractivity contribution in [2.24, 2.45) is 0 Å². The summed E-state index contributed by atoms with van der Waals surface area (Å²) in [6.07, 6.45) is -0.537. The Bertz CT molecular complexity index is 355. The standard InChI is InChI=1S/C11H19IN2O8/c12-14-22-6-5-20-3-4-21-7-9(15)13-8(11(18)19)1-2-10(16)17/h8,14H,1-7H2,(H,13,15)(H,16,17)(H,18,19)/t8-/m0/s1. The summed E-state index contributed by atoms with van der Waals surface area (Å²) in [6.45, 7) is 0.832. The van der Waals surface area contributed by atoms with Crippen LogP contribution >= 0.6 is 22.9 Å². The van der Waals surface area contributed by atoms with Gasteiger partial charge in [-0.1, -0.05) is 0 Å². The van der Waals surface area contributed by atoms with Crippen LogP contribution < -0.4 is 9.01 Å². The van der Waals surface area contributed by atoms with Crippen LogP contribution in [0.3, 0.4) is 0 Å². The second-order valence-electron chi connectivity index (χ2n) is 3.98. The number of carbonyl (C=O) groups excluding carboxylic acids is 1. The smallest absolute Gasteiger partial charge is 0.326 e. The zero-order valence-corrected chi connectivity index (χ0v) is 13.9. The number of carboxylic acids is 2. The van der Waals surface area contributed by atoms with Crippen molar-refractivity contribution < 1.29 is 38.9 Å². The zero-order valence-electron chi connectivity index (χ0n) is 11.7. The molecule has 10 nitrogen and oxygen atoms in total. The predicted molar refractivity (Wildman–Crippen MR) is 81.2 cm³/mol. The third-order valence-corrected chi connectivity index (χ3v) is 2.58. The minimum Gasteiger partial charge on any atom is -0.481 e. The van der Waals surface area contributed by atoms with Crippen molar-refractivity contribution in [2.45, 2.75) is 18.9 Å². The molecule has 0 spiro atoms. The molecule has 0 radical (unpaired) electrons. The molecular weight excluding hydrogens is 415 g/mol. The number of hydrogen-bond acceptors (Lipinski definition) is 7. The van der Waals surface area contributed by atoms with E-state index in [1.807, 2.05) is 22.9 Å². The minimum absolute atomic E-state index is 0.165. The van der Waals surface area contributed by atoms with E-state index in [9.17, 15) is 14.4 Å². The second kappa shape index (κ2) is 13.6. The topological polar surface area (TPSA) is 143 Å². The van der Waals surface area contributed by atoms with Gasteiger partial charge in [0.15, 0.2) is 0 Å². The van der Waals surface area contributed by atoms with E-state index in [0.717, 1.165) is 0 Å². The van der Waals surface area contributed by atoms with Gasteiger partial charge in [-0.15, -0.1) is 3.69 Å². The van der Waals surface area contributed by atoms with E-state index in [4.69, 9.17) is 24.5 Å². The van der Waals surface area contributed by atoms with E-state index in [1.54, 1.807) is 0 Å². The highest BCUT2D eigenvalue weighted by Crippen LogP contribution is 1.98. The number of nitrogens with one attached hydrogen (secondary N) is 2. The molecule has 0 heterocycles. The summed E-state index contributed by atoms with van der Waals surface area (Å²) in [4.78, 5) is 37.5. The van der Waals surface area contributed by atoms with Crippen LogP contribution in [0.4, 0.5) is 0 Å². The number of carboxylic acid groups (broad SMARTS) is 2. The van der Waals surface area contributed by atoms with Crippen LogP contribution in [0.2, 0.25) is 0 Å². The van der Waals surface area contributed by atoms with Gasteiger partial charge < -0.3 is 25.0 Å². The maximum absolute atomic E-state index is 11.5. The Morgan fingerprint density at radius 2 is 1.68 bits per heavy atom. The Kier molecular flexibility index (Phi) is 13.0. The fourth-order valence-corrected chi connectivity index (χ4v) is 1.51.